The Morgan fingerprint density at radius 3 is 2.57 bits per heavy atom. The monoisotopic (exact) mass is 283 g/mol. The lowest BCUT2D eigenvalue weighted by molar-refractivity contribution is 0.293. The first-order valence-electron chi connectivity index (χ1n) is 8.26. The van der Waals surface area contributed by atoms with Gasteiger partial charge in [0.25, 0.3) is 0 Å². The maximum absolute atomic E-state index is 4.02. The Kier molecular flexibility index (Phi) is 5.27. The second-order valence-electron chi connectivity index (χ2n) is 6.46. The van der Waals surface area contributed by atoms with E-state index in [4.69, 9.17) is 0 Å². The van der Waals surface area contributed by atoms with Crippen LogP contribution in [0.2, 0.25) is 0 Å². The second-order valence-corrected chi connectivity index (χ2v) is 6.46. The van der Waals surface area contributed by atoms with Crippen LogP contribution >= 0.6 is 0 Å². The van der Waals surface area contributed by atoms with Crippen LogP contribution in [0.5, 0.6) is 0 Å². The highest BCUT2D eigenvalue weighted by atomic mass is 15.1. The molecule has 1 unspecified atom stereocenters. The third kappa shape index (κ3) is 3.78. The molecule has 0 amide bonds. The van der Waals surface area contributed by atoms with Crippen LogP contribution in [0.4, 0.5) is 0 Å². The predicted molar refractivity (Wildman–Crippen MR) is 94.1 cm³/mol. The molecule has 1 aromatic carbocycles. The highest BCUT2D eigenvalue weighted by Gasteiger charge is 2.20. The zero-order valence-corrected chi connectivity index (χ0v) is 14.1. The lowest BCUT2D eigenvalue weighted by atomic mass is 9.92. The lowest BCUT2D eigenvalue weighted by Gasteiger charge is -2.35. The van der Waals surface area contributed by atoms with Crippen LogP contribution in [0.3, 0.4) is 0 Å². The molecular formula is C20H29N. The highest BCUT2D eigenvalue weighted by Crippen LogP contribution is 2.30. The topological polar surface area (TPSA) is 3.24 Å². The SMILES string of the molecule is C=C(C)c1ccc(C2=CN(CC(CC)CCC)C2)c(C)c1. The van der Waals surface area contributed by atoms with E-state index in [1.54, 1.807) is 0 Å². The fourth-order valence-electron chi connectivity index (χ4n) is 3.14. The molecule has 1 heterocycles. The Hall–Kier alpha value is -1.50. The number of hydrogen-bond donors (Lipinski definition) is 0. The molecule has 0 spiro atoms. The molecule has 0 radical (unpaired) electrons. The van der Waals surface area contributed by atoms with Crippen molar-refractivity contribution < 1.29 is 0 Å². The summed E-state index contributed by atoms with van der Waals surface area (Å²) in [6.45, 7) is 15.2. The molecule has 1 nitrogen and oxygen atoms in total. The predicted octanol–water partition coefficient (Wildman–Crippen LogP) is 5.51. The van der Waals surface area contributed by atoms with Crippen LogP contribution in [-0.2, 0) is 0 Å². The Labute approximate surface area is 130 Å². The van der Waals surface area contributed by atoms with Gasteiger partial charge in [0.1, 0.15) is 0 Å². The van der Waals surface area contributed by atoms with Crippen LogP contribution in [0.15, 0.2) is 31.0 Å². The zero-order valence-electron chi connectivity index (χ0n) is 14.1. The van der Waals surface area contributed by atoms with Crippen molar-refractivity contribution in [1.82, 2.24) is 4.90 Å². The van der Waals surface area contributed by atoms with E-state index < -0.39 is 0 Å². The number of rotatable bonds is 7. The summed E-state index contributed by atoms with van der Waals surface area (Å²) >= 11 is 0. The van der Waals surface area contributed by atoms with Gasteiger partial charge in [-0.2, -0.15) is 0 Å². The molecule has 1 heteroatoms. The van der Waals surface area contributed by atoms with E-state index in [1.807, 2.05) is 0 Å². The van der Waals surface area contributed by atoms with Gasteiger partial charge in [-0.15, -0.1) is 0 Å². The minimum Gasteiger partial charge on any atom is -0.372 e. The fourth-order valence-corrected chi connectivity index (χ4v) is 3.14. The molecule has 1 aliphatic rings. The fraction of sp³-hybridized carbons (Fsp3) is 0.500. The van der Waals surface area contributed by atoms with Crippen LogP contribution in [-0.4, -0.2) is 18.0 Å². The summed E-state index contributed by atoms with van der Waals surface area (Å²) in [5, 5.41) is 0. The summed E-state index contributed by atoms with van der Waals surface area (Å²) in [6.07, 6.45) is 6.29. The third-order valence-corrected chi connectivity index (χ3v) is 4.54. The summed E-state index contributed by atoms with van der Waals surface area (Å²) < 4.78 is 0. The Morgan fingerprint density at radius 2 is 2.05 bits per heavy atom. The van der Waals surface area contributed by atoms with Gasteiger partial charge >= 0.3 is 0 Å². The molecule has 0 fully saturated rings. The number of allylic oxidation sites excluding steroid dienone is 1. The van der Waals surface area contributed by atoms with E-state index >= 15 is 0 Å². The van der Waals surface area contributed by atoms with Crippen LogP contribution in [0, 0.1) is 12.8 Å². The molecule has 0 bridgehead atoms. The Bertz CT molecular complexity index is 539. The van der Waals surface area contributed by atoms with Crippen molar-refractivity contribution in [1.29, 1.82) is 0 Å². The highest BCUT2D eigenvalue weighted by molar-refractivity contribution is 5.75. The van der Waals surface area contributed by atoms with Crippen molar-refractivity contribution in [3.05, 3.63) is 47.7 Å². The van der Waals surface area contributed by atoms with Gasteiger partial charge in [-0.25, -0.2) is 0 Å². The maximum Gasteiger partial charge on any atom is 0.0444 e. The van der Waals surface area contributed by atoms with E-state index in [2.05, 4.69) is 63.6 Å². The normalized spacial score (nSPS) is 15.4. The Morgan fingerprint density at radius 1 is 1.33 bits per heavy atom. The van der Waals surface area contributed by atoms with Gasteiger partial charge in [0.2, 0.25) is 0 Å². The molecule has 1 aromatic rings. The molecule has 0 aromatic heterocycles. The first kappa shape index (κ1) is 15.9. The standard InChI is InChI=1S/C20H29N/c1-6-8-17(7-2)12-21-13-19(14-21)20-10-9-18(15(3)4)11-16(20)5/h9-11,13,17H,3,6-8,12,14H2,1-2,4-5H3. The molecule has 0 aliphatic carbocycles. The average Bonchev–Trinajstić information content (AvgIpc) is 2.41. The van der Waals surface area contributed by atoms with Gasteiger partial charge in [-0.05, 0) is 48.4 Å². The van der Waals surface area contributed by atoms with E-state index in [1.165, 1.54) is 48.1 Å². The molecule has 0 N–H and O–H groups in total. The molecule has 21 heavy (non-hydrogen) atoms. The van der Waals surface area contributed by atoms with Crippen molar-refractivity contribution in [2.45, 2.75) is 47.0 Å². The molecular weight excluding hydrogens is 254 g/mol. The lowest BCUT2D eigenvalue weighted by Crippen LogP contribution is -2.33. The minimum atomic E-state index is 0.847. The summed E-state index contributed by atoms with van der Waals surface area (Å²) in [7, 11) is 0. The number of benzene rings is 1. The van der Waals surface area contributed by atoms with Gasteiger partial charge < -0.3 is 4.90 Å². The van der Waals surface area contributed by atoms with Gasteiger partial charge in [-0.3, -0.25) is 0 Å². The number of hydrogen-bond acceptors (Lipinski definition) is 1. The third-order valence-electron chi connectivity index (χ3n) is 4.54. The Balaban J connectivity index is 2.02. The molecule has 1 aliphatic heterocycles. The van der Waals surface area contributed by atoms with Crippen molar-refractivity contribution in [2.75, 3.05) is 13.1 Å². The van der Waals surface area contributed by atoms with Crippen LogP contribution < -0.4 is 0 Å². The van der Waals surface area contributed by atoms with Crippen molar-refractivity contribution in [3.8, 4) is 0 Å². The summed E-state index contributed by atoms with van der Waals surface area (Å²) in [5.41, 5.74) is 6.63. The van der Waals surface area contributed by atoms with Gasteiger partial charge in [0, 0.05) is 19.3 Å². The van der Waals surface area contributed by atoms with Crippen molar-refractivity contribution >= 4 is 11.1 Å². The maximum atomic E-state index is 4.02. The quantitative estimate of drug-likeness (QED) is 0.637. The molecule has 114 valence electrons. The van der Waals surface area contributed by atoms with Crippen molar-refractivity contribution in [3.63, 3.8) is 0 Å². The summed E-state index contributed by atoms with van der Waals surface area (Å²) in [6, 6.07) is 6.71. The largest absolute Gasteiger partial charge is 0.372 e. The van der Waals surface area contributed by atoms with Crippen molar-refractivity contribution in [2.24, 2.45) is 5.92 Å². The average molecular weight is 283 g/mol. The van der Waals surface area contributed by atoms with Crippen LogP contribution in [0.1, 0.15) is 56.7 Å². The minimum absolute atomic E-state index is 0.847. The van der Waals surface area contributed by atoms with Gasteiger partial charge in [0.05, 0.1) is 0 Å². The summed E-state index contributed by atoms with van der Waals surface area (Å²) in [5.74, 6) is 0.847. The second kappa shape index (κ2) is 6.98. The zero-order chi connectivity index (χ0) is 15.4. The summed E-state index contributed by atoms with van der Waals surface area (Å²) in [4.78, 5) is 2.48. The first-order valence-corrected chi connectivity index (χ1v) is 8.26. The molecule has 0 saturated heterocycles. The molecule has 1 atom stereocenters. The first-order chi connectivity index (χ1) is 10.0. The molecule has 2 rings (SSSR count). The molecule has 0 saturated carbocycles. The van der Waals surface area contributed by atoms with E-state index in [0.717, 1.165) is 18.0 Å². The smallest absolute Gasteiger partial charge is 0.0444 e. The number of aryl methyl sites for hydroxylation is 1. The van der Waals surface area contributed by atoms with Gasteiger partial charge in [-0.1, -0.05) is 57.0 Å². The number of nitrogens with zero attached hydrogens (tertiary/aromatic N) is 1. The van der Waals surface area contributed by atoms with Crippen LogP contribution in [0.25, 0.3) is 11.1 Å². The van der Waals surface area contributed by atoms with Gasteiger partial charge in [0.15, 0.2) is 0 Å². The van der Waals surface area contributed by atoms with E-state index in [9.17, 15) is 0 Å². The van der Waals surface area contributed by atoms with E-state index in [-0.39, 0.29) is 0 Å². The van der Waals surface area contributed by atoms with E-state index in [0.29, 0.717) is 0 Å².